The first kappa shape index (κ1) is 20.0. The quantitative estimate of drug-likeness (QED) is 0.797. The number of carbonyl (C=O) groups excluding carboxylic acids is 2. The molecule has 1 aliphatic heterocycles. The second-order valence-electron chi connectivity index (χ2n) is 7.01. The van der Waals surface area contributed by atoms with E-state index in [0.29, 0.717) is 50.2 Å². The molecule has 1 aromatic heterocycles. The highest BCUT2D eigenvalue weighted by molar-refractivity contribution is 5.84. The van der Waals surface area contributed by atoms with Gasteiger partial charge in [-0.3, -0.25) is 14.4 Å². The van der Waals surface area contributed by atoms with Gasteiger partial charge in [0, 0.05) is 38.4 Å². The summed E-state index contributed by atoms with van der Waals surface area (Å²) < 4.78 is 6.45. The fraction of sp³-hybridized carbons (Fsp3) is 0.500. The summed E-state index contributed by atoms with van der Waals surface area (Å²) in [6.45, 7) is 3.75. The van der Waals surface area contributed by atoms with Crippen molar-refractivity contribution in [1.29, 1.82) is 0 Å². The summed E-state index contributed by atoms with van der Waals surface area (Å²) in [4.78, 5) is 38.4. The molecule has 0 radical (unpaired) electrons. The molecule has 0 atom stereocenters. The number of fused-ring (bicyclic) bond motifs is 1. The van der Waals surface area contributed by atoms with Crippen molar-refractivity contribution in [3.8, 4) is 0 Å². The molecule has 1 saturated heterocycles. The number of hydrogen-bond acceptors (Lipinski definition) is 5. The van der Waals surface area contributed by atoms with Crippen LogP contribution in [0, 0.1) is 5.92 Å². The lowest BCUT2D eigenvalue weighted by molar-refractivity contribution is -0.134. The van der Waals surface area contributed by atoms with Crippen molar-refractivity contribution in [2.24, 2.45) is 5.92 Å². The third-order valence-corrected chi connectivity index (χ3v) is 5.19. The number of aromatic nitrogens is 2. The van der Waals surface area contributed by atoms with Crippen LogP contribution in [-0.4, -0.2) is 53.3 Å². The molecule has 0 bridgehead atoms. The maximum Gasteiger partial charge on any atom is 0.274 e. The van der Waals surface area contributed by atoms with Crippen LogP contribution in [0.2, 0.25) is 0 Å². The smallest absolute Gasteiger partial charge is 0.274 e. The summed E-state index contributed by atoms with van der Waals surface area (Å²) in [5.74, 6) is -0.0992. The molecule has 0 aliphatic carbocycles. The Hall–Kier alpha value is -2.74. The van der Waals surface area contributed by atoms with E-state index in [9.17, 15) is 14.4 Å². The van der Waals surface area contributed by atoms with Crippen molar-refractivity contribution in [2.45, 2.75) is 32.9 Å². The van der Waals surface area contributed by atoms with Gasteiger partial charge in [-0.25, -0.2) is 4.68 Å². The first-order valence-corrected chi connectivity index (χ1v) is 9.52. The van der Waals surface area contributed by atoms with Crippen LogP contribution in [0.5, 0.6) is 0 Å². The molecular weight excluding hydrogens is 360 g/mol. The minimum absolute atomic E-state index is 0.0382. The lowest BCUT2D eigenvalue weighted by atomic mass is 9.96. The number of amides is 2. The number of ether oxygens (including phenoxy) is 1. The molecule has 2 heterocycles. The molecule has 1 fully saturated rings. The number of nitrogens with zero attached hydrogens (tertiary/aromatic N) is 3. The van der Waals surface area contributed by atoms with Crippen molar-refractivity contribution in [3.63, 3.8) is 0 Å². The van der Waals surface area contributed by atoms with Gasteiger partial charge >= 0.3 is 0 Å². The number of piperidine rings is 1. The van der Waals surface area contributed by atoms with Gasteiger partial charge in [-0.1, -0.05) is 18.2 Å². The zero-order chi connectivity index (χ0) is 20.1. The van der Waals surface area contributed by atoms with Crippen molar-refractivity contribution >= 4 is 22.6 Å². The topological polar surface area (TPSA) is 93.5 Å². The molecule has 28 heavy (non-hydrogen) atoms. The lowest BCUT2D eigenvalue weighted by Crippen LogP contribution is -2.42. The van der Waals surface area contributed by atoms with Crippen LogP contribution in [-0.2, 0) is 27.4 Å². The standard InChI is InChI=1S/C20H26N4O4/c1-14(25)23-9-7-15(8-10-23)19(26)21-13-18-16-5-3-4-6-17(16)20(27)24(22-18)11-12-28-2/h3-6,15H,7-13H2,1-2H3,(H,21,26). The largest absolute Gasteiger partial charge is 0.383 e. The van der Waals surface area contributed by atoms with Gasteiger partial charge in [0.2, 0.25) is 11.8 Å². The van der Waals surface area contributed by atoms with E-state index >= 15 is 0 Å². The number of likely N-dealkylation sites (tertiary alicyclic amines) is 1. The molecule has 150 valence electrons. The van der Waals surface area contributed by atoms with E-state index in [1.54, 1.807) is 25.0 Å². The molecule has 0 spiro atoms. The number of rotatable bonds is 6. The second kappa shape index (κ2) is 8.97. The molecular formula is C20H26N4O4. The molecule has 1 aromatic carbocycles. The number of nitrogens with one attached hydrogen (secondary N) is 1. The van der Waals surface area contributed by atoms with Crippen LogP contribution in [0.3, 0.4) is 0 Å². The molecule has 0 unspecified atom stereocenters. The fourth-order valence-corrected chi connectivity index (χ4v) is 3.54. The highest BCUT2D eigenvalue weighted by atomic mass is 16.5. The van der Waals surface area contributed by atoms with Crippen LogP contribution in [0.1, 0.15) is 25.5 Å². The van der Waals surface area contributed by atoms with E-state index in [4.69, 9.17) is 4.74 Å². The van der Waals surface area contributed by atoms with Crippen molar-refractivity contribution in [1.82, 2.24) is 20.0 Å². The first-order chi connectivity index (χ1) is 13.5. The summed E-state index contributed by atoms with van der Waals surface area (Å²) in [7, 11) is 1.57. The Morgan fingerprint density at radius 1 is 1.21 bits per heavy atom. The predicted octanol–water partition coefficient (Wildman–Crippen LogP) is 0.918. The summed E-state index contributed by atoms with van der Waals surface area (Å²) in [5.41, 5.74) is 0.486. The summed E-state index contributed by atoms with van der Waals surface area (Å²) >= 11 is 0. The Morgan fingerprint density at radius 3 is 2.54 bits per heavy atom. The van der Waals surface area contributed by atoms with Gasteiger partial charge in [-0.15, -0.1) is 0 Å². The highest BCUT2D eigenvalue weighted by Crippen LogP contribution is 2.18. The zero-order valence-corrected chi connectivity index (χ0v) is 16.3. The second-order valence-corrected chi connectivity index (χ2v) is 7.01. The Kier molecular flexibility index (Phi) is 6.41. The van der Waals surface area contributed by atoms with Gasteiger partial charge in [0.05, 0.1) is 30.8 Å². The number of methoxy groups -OCH3 is 1. The van der Waals surface area contributed by atoms with E-state index in [-0.39, 0.29) is 29.8 Å². The van der Waals surface area contributed by atoms with E-state index < -0.39 is 0 Å². The SMILES string of the molecule is COCCn1nc(CNC(=O)C2CCN(C(C)=O)CC2)c2ccccc2c1=O. The Morgan fingerprint density at radius 2 is 1.89 bits per heavy atom. The van der Waals surface area contributed by atoms with Gasteiger partial charge in [0.15, 0.2) is 0 Å². The average molecular weight is 386 g/mol. The monoisotopic (exact) mass is 386 g/mol. The summed E-state index contributed by atoms with van der Waals surface area (Å²) in [6.07, 6.45) is 1.32. The molecule has 1 aliphatic rings. The summed E-state index contributed by atoms with van der Waals surface area (Å²) in [5, 5.41) is 8.72. The van der Waals surface area contributed by atoms with Crippen molar-refractivity contribution in [3.05, 3.63) is 40.3 Å². The van der Waals surface area contributed by atoms with Crippen LogP contribution in [0.15, 0.2) is 29.1 Å². The summed E-state index contributed by atoms with van der Waals surface area (Å²) in [6, 6.07) is 7.28. The highest BCUT2D eigenvalue weighted by Gasteiger charge is 2.26. The molecule has 2 amide bonds. The Balaban J connectivity index is 1.73. The Labute approximate surface area is 163 Å². The van der Waals surface area contributed by atoms with Crippen molar-refractivity contribution < 1.29 is 14.3 Å². The van der Waals surface area contributed by atoms with Gasteiger partial charge in [-0.05, 0) is 18.9 Å². The lowest BCUT2D eigenvalue weighted by Gasteiger charge is -2.30. The zero-order valence-electron chi connectivity index (χ0n) is 16.3. The van der Waals surface area contributed by atoms with Crippen LogP contribution < -0.4 is 10.9 Å². The van der Waals surface area contributed by atoms with E-state index in [0.717, 1.165) is 5.39 Å². The van der Waals surface area contributed by atoms with Crippen LogP contribution >= 0.6 is 0 Å². The third kappa shape index (κ3) is 4.39. The number of hydrogen-bond donors (Lipinski definition) is 1. The molecule has 0 saturated carbocycles. The molecule has 8 nitrogen and oxygen atoms in total. The van der Waals surface area contributed by atoms with Crippen LogP contribution in [0.25, 0.3) is 10.8 Å². The van der Waals surface area contributed by atoms with E-state index in [2.05, 4.69) is 10.4 Å². The minimum atomic E-state index is -0.167. The molecule has 8 heteroatoms. The molecule has 3 rings (SSSR count). The van der Waals surface area contributed by atoms with E-state index in [1.165, 1.54) is 4.68 Å². The van der Waals surface area contributed by atoms with Gasteiger partial charge < -0.3 is 15.0 Å². The predicted molar refractivity (Wildman–Crippen MR) is 105 cm³/mol. The normalized spacial score (nSPS) is 15.0. The molecule has 2 aromatic rings. The fourth-order valence-electron chi connectivity index (χ4n) is 3.54. The van der Waals surface area contributed by atoms with Gasteiger partial charge in [0.1, 0.15) is 0 Å². The first-order valence-electron chi connectivity index (χ1n) is 9.52. The minimum Gasteiger partial charge on any atom is -0.383 e. The maximum absolute atomic E-state index is 12.6. The average Bonchev–Trinajstić information content (AvgIpc) is 2.72. The number of carbonyl (C=O) groups is 2. The van der Waals surface area contributed by atoms with Crippen molar-refractivity contribution in [2.75, 3.05) is 26.8 Å². The van der Waals surface area contributed by atoms with Crippen LogP contribution in [0.4, 0.5) is 0 Å². The number of benzene rings is 1. The van der Waals surface area contributed by atoms with Gasteiger partial charge in [0.25, 0.3) is 5.56 Å². The Bertz CT molecular complexity index is 916. The van der Waals surface area contributed by atoms with E-state index in [1.807, 2.05) is 18.2 Å². The third-order valence-electron chi connectivity index (χ3n) is 5.19. The maximum atomic E-state index is 12.6. The van der Waals surface area contributed by atoms with Gasteiger partial charge in [-0.2, -0.15) is 5.10 Å². The molecule has 1 N–H and O–H groups in total.